The molecule has 20 heavy (non-hydrogen) atoms. The fraction of sp³-hybridized carbons (Fsp3) is 0. The molecule has 1 aliphatic rings. The molecule has 0 atom stereocenters. The van der Waals surface area contributed by atoms with Crippen LogP contribution < -0.4 is 4.72 Å². The van der Waals surface area contributed by atoms with E-state index in [4.69, 9.17) is 10.2 Å². The summed E-state index contributed by atoms with van der Waals surface area (Å²) in [4.78, 5) is 20.8. The Kier molecular flexibility index (Phi) is 12.2. The van der Waals surface area contributed by atoms with Gasteiger partial charge < -0.3 is 20.4 Å². The first-order valence-corrected chi connectivity index (χ1v) is 5.78. The van der Waals surface area contributed by atoms with E-state index in [-0.39, 0.29) is 46.2 Å². The van der Waals surface area contributed by atoms with E-state index in [9.17, 15) is 9.59 Å². The standard InChI is InChI=1S/C8H6O4.C4H5NS.Na.H2O.H/c9-7(10)5-2-1-3-6(4-5)8(11)12;1-2-4-6-5-3-1;;;/h1-4H,(H,9,10)(H,11,12);1-5H;;1H2;. The SMILES string of the molecule is C1=CNSC=C1.O.O=C(O)c1cccc(C(=O)O)c1.[NaH]. The number of aromatic carboxylic acids is 2. The first-order valence-electron chi connectivity index (χ1n) is 4.91. The van der Waals surface area contributed by atoms with E-state index in [1.165, 1.54) is 18.2 Å². The Bertz CT molecular complexity index is 463. The summed E-state index contributed by atoms with van der Waals surface area (Å²) in [6, 6.07) is 5.20. The summed E-state index contributed by atoms with van der Waals surface area (Å²) < 4.78 is 2.93. The van der Waals surface area contributed by atoms with Crippen LogP contribution in [0.5, 0.6) is 0 Å². The van der Waals surface area contributed by atoms with Crippen LogP contribution in [-0.4, -0.2) is 57.2 Å². The molecule has 0 saturated carbocycles. The summed E-state index contributed by atoms with van der Waals surface area (Å²) in [7, 11) is 0. The summed E-state index contributed by atoms with van der Waals surface area (Å²) >= 11 is 1.58. The molecule has 0 amide bonds. The van der Waals surface area contributed by atoms with Crippen molar-refractivity contribution in [2.24, 2.45) is 0 Å². The molecule has 8 heteroatoms. The van der Waals surface area contributed by atoms with Gasteiger partial charge >= 0.3 is 41.5 Å². The summed E-state index contributed by atoms with van der Waals surface area (Å²) in [6.45, 7) is 0. The van der Waals surface area contributed by atoms with Gasteiger partial charge in [0.25, 0.3) is 0 Å². The molecule has 0 spiro atoms. The maximum atomic E-state index is 10.4. The van der Waals surface area contributed by atoms with E-state index < -0.39 is 11.9 Å². The van der Waals surface area contributed by atoms with Gasteiger partial charge in [-0.15, -0.1) is 0 Å². The molecule has 0 aromatic heterocycles. The number of hydrogen-bond acceptors (Lipinski definition) is 4. The molecule has 6 nitrogen and oxygen atoms in total. The van der Waals surface area contributed by atoms with E-state index in [1.54, 1.807) is 11.9 Å². The minimum absolute atomic E-state index is 0. The quantitative estimate of drug-likeness (QED) is 0.551. The summed E-state index contributed by atoms with van der Waals surface area (Å²) in [6.07, 6.45) is 5.84. The monoisotopic (exact) mass is 307 g/mol. The second kappa shape index (κ2) is 11.6. The van der Waals surface area contributed by atoms with E-state index in [1.807, 2.05) is 23.8 Å². The predicted molar refractivity (Wildman–Crippen MR) is 80.1 cm³/mol. The molecule has 0 radical (unpaired) electrons. The second-order valence-corrected chi connectivity index (χ2v) is 3.86. The van der Waals surface area contributed by atoms with Gasteiger partial charge in [0.15, 0.2) is 0 Å². The summed E-state index contributed by atoms with van der Waals surface area (Å²) in [5, 5.41) is 19.0. The molecule has 5 N–H and O–H groups in total. The molecule has 1 heterocycles. The first-order chi connectivity index (χ1) is 8.61. The Hall–Kier alpha value is -1.25. The molecule has 104 valence electrons. The summed E-state index contributed by atoms with van der Waals surface area (Å²) in [5.74, 6) is -2.25. The number of hydrogen-bond donors (Lipinski definition) is 3. The van der Waals surface area contributed by atoms with Gasteiger partial charge in [0, 0.05) is 6.20 Å². The Morgan fingerprint density at radius 1 is 1.05 bits per heavy atom. The van der Waals surface area contributed by atoms with Crippen molar-refractivity contribution in [3.05, 3.63) is 59.2 Å². The third-order valence-corrected chi connectivity index (χ3v) is 2.41. The molecule has 2 rings (SSSR count). The van der Waals surface area contributed by atoms with Crippen molar-refractivity contribution < 1.29 is 25.3 Å². The van der Waals surface area contributed by atoms with Crippen LogP contribution in [0.25, 0.3) is 0 Å². The van der Waals surface area contributed by atoms with Crippen molar-refractivity contribution in [1.82, 2.24) is 4.72 Å². The Morgan fingerprint density at radius 3 is 1.85 bits per heavy atom. The normalized spacial score (nSPS) is 10.8. The fourth-order valence-electron chi connectivity index (χ4n) is 1.04. The molecular formula is C12H14NNaO5S. The topological polar surface area (TPSA) is 118 Å². The minimum atomic E-state index is -1.13. The van der Waals surface area contributed by atoms with E-state index in [0.29, 0.717) is 0 Å². The number of benzene rings is 1. The van der Waals surface area contributed by atoms with Crippen molar-refractivity contribution in [3.8, 4) is 0 Å². The average molecular weight is 307 g/mol. The van der Waals surface area contributed by atoms with Crippen LogP contribution in [0.4, 0.5) is 0 Å². The van der Waals surface area contributed by atoms with E-state index >= 15 is 0 Å². The van der Waals surface area contributed by atoms with Crippen molar-refractivity contribution in [3.63, 3.8) is 0 Å². The number of nitrogens with one attached hydrogen (secondary N) is 1. The van der Waals surface area contributed by atoms with Crippen molar-refractivity contribution >= 4 is 53.4 Å². The van der Waals surface area contributed by atoms with Gasteiger partial charge in [-0.05, 0) is 41.6 Å². The number of rotatable bonds is 2. The molecular weight excluding hydrogens is 293 g/mol. The molecule has 0 aliphatic carbocycles. The zero-order valence-corrected chi connectivity index (χ0v) is 10.6. The van der Waals surface area contributed by atoms with Crippen molar-refractivity contribution in [2.75, 3.05) is 0 Å². The zero-order chi connectivity index (χ0) is 13.4. The van der Waals surface area contributed by atoms with Crippen LogP contribution >= 0.6 is 11.9 Å². The average Bonchev–Trinajstić information content (AvgIpc) is 2.41. The molecule has 0 fully saturated rings. The van der Waals surface area contributed by atoms with Crippen molar-refractivity contribution in [2.45, 2.75) is 0 Å². The van der Waals surface area contributed by atoms with Gasteiger partial charge in [-0.25, -0.2) is 9.59 Å². The van der Waals surface area contributed by atoms with E-state index in [0.717, 1.165) is 6.07 Å². The fourth-order valence-corrected chi connectivity index (χ4v) is 1.45. The molecule has 0 bridgehead atoms. The summed E-state index contributed by atoms with van der Waals surface area (Å²) in [5.41, 5.74) is -0.0372. The molecule has 1 aromatic carbocycles. The van der Waals surface area contributed by atoms with Gasteiger partial charge in [0.1, 0.15) is 0 Å². The van der Waals surface area contributed by atoms with Gasteiger partial charge in [0.2, 0.25) is 0 Å². The van der Waals surface area contributed by atoms with Crippen LogP contribution in [-0.2, 0) is 0 Å². The molecule has 1 aromatic rings. The number of carbonyl (C=O) groups is 2. The Morgan fingerprint density at radius 2 is 1.60 bits per heavy atom. The molecule has 1 aliphatic heterocycles. The Balaban J connectivity index is 0. The van der Waals surface area contributed by atoms with Crippen molar-refractivity contribution in [1.29, 1.82) is 0 Å². The van der Waals surface area contributed by atoms with Gasteiger partial charge in [-0.1, -0.05) is 12.1 Å². The van der Waals surface area contributed by atoms with Crippen LogP contribution in [0.3, 0.4) is 0 Å². The van der Waals surface area contributed by atoms with Gasteiger partial charge in [-0.3, -0.25) is 0 Å². The van der Waals surface area contributed by atoms with Gasteiger partial charge in [-0.2, -0.15) is 0 Å². The number of carboxylic acids is 2. The number of allylic oxidation sites excluding steroid dienone is 2. The second-order valence-electron chi connectivity index (χ2n) is 3.11. The predicted octanol–water partition coefficient (Wildman–Crippen LogP) is 0.875. The van der Waals surface area contributed by atoms with Crippen LogP contribution in [0.1, 0.15) is 20.7 Å². The van der Waals surface area contributed by atoms with Crippen LogP contribution in [0.2, 0.25) is 0 Å². The first kappa shape index (κ1) is 21.1. The zero-order valence-electron chi connectivity index (χ0n) is 9.74. The van der Waals surface area contributed by atoms with Gasteiger partial charge in [0.05, 0.1) is 11.1 Å². The molecule has 0 saturated heterocycles. The maximum absolute atomic E-state index is 10.4. The van der Waals surface area contributed by atoms with Crippen LogP contribution in [0.15, 0.2) is 48.0 Å². The molecule has 0 unspecified atom stereocenters. The van der Waals surface area contributed by atoms with Crippen LogP contribution in [0, 0.1) is 0 Å². The van der Waals surface area contributed by atoms with E-state index in [2.05, 4.69) is 4.72 Å². The third kappa shape index (κ3) is 8.03. The number of carboxylic acid groups (broad SMARTS) is 2. The third-order valence-electron chi connectivity index (χ3n) is 1.85. The Labute approximate surface area is 142 Å².